The molecule has 0 N–H and O–H groups in total. The summed E-state index contributed by atoms with van der Waals surface area (Å²) in [5.74, 6) is 2.06. The highest BCUT2D eigenvalue weighted by Crippen LogP contribution is 2.38. The lowest BCUT2D eigenvalue weighted by Gasteiger charge is -2.46. The van der Waals surface area contributed by atoms with Crippen LogP contribution in [0.1, 0.15) is 43.8 Å². The molecule has 1 amide bonds. The molecular formula is C19H31N3O5. The first-order chi connectivity index (χ1) is 13.1. The van der Waals surface area contributed by atoms with Crippen LogP contribution in [0.5, 0.6) is 0 Å². The quantitative estimate of drug-likeness (QED) is 0.676. The fourth-order valence-corrected chi connectivity index (χ4v) is 4.08. The van der Waals surface area contributed by atoms with E-state index >= 15 is 0 Å². The van der Waals surface area contributed by atoms with Gasteiger partial charge in [-0.15, -0.1) is 0 Å². The molecule has 1 atom stereocenters. The first kappa shape index (κ1) is 20.2. The Morgan fingerprint density at radius 2 is 2.04 bits per heavy atom. The molecule has 0 aromatic carbocycles. The molecule has 2 aliphatic heterocycles. The van der Waals surface area contributed by atoms with Crippen LogP contribution in [-0.4, -0.2) is 73.7 Å². The lowest BCUT2D eigenvalue weighted by molar-refractivity contribution is -0.147. The number of hydrogen-bond acceptors (Lipinski definition) is 7. The smallest absolute Gasteiger partial charge is 0.226 e. The van der Waals surface area contributed by atoms with Crippen molar-refractivity contribution in [2.45, 2.75) is 50.5 Å². The third-order valence-corrected chi connectivity index (χ3v) is 5.65. The van der Waals surface area contributed by atoms with Gasteiger partial charge in [-0.1, -0.05) is 5.16 Å². The molecule has 0 saturated carbocycles. The third-order valence-electron chi connectivity index (χ3n) is 5.65. The van der Waals surface area contributed by atoms with E-state index in [-0.39, 0.29) is 11.5 Å². The maximum atomic E-state index is 12.2. The fraction of sp³-hybridized carbons (Fsp3) is 0.842. The van der Waals surface area contributed by atoms with Crippen LogP contribution >= 0.6 is 0 Å². The number of likely N-dealkylation sites (tertiary alicyclic amines) is 1. The highest BCUT2D eigenvalue weighted by molar-refractivity contribution is 5.76. The number of nitrogens with zero attached hydrogens (tertiary/aromatic N) is 3. The molecular weight excluding hydrogens is 350 g/mol. The van der Waals surface area contributed by atoms with Gasteiger partial charge in [-0.3, -0.25) is 4.79 Å². The van der Waals surface area contributed by atoms with E-state index in [9.17, 15) is 4.79 Å². The van der Waals surface area contributed by atoms with Gasteiger partial charge >= 0.3 is 0 Å². The Hall–Kier alpha value is -1.51. The average molecular weight is 381 g/mol. The topological polar surface area (TPSA) is 86.9 Å². The summed E-state index contributed by atoms with van der Waals surface area (Å²) >= 11 is 0. The van der Waals surface area contributed by atoms with Gasteiger partial charge in [-0.25, -0.2) is 0 Å². The number of amides is 1. The molecule has 2 fully saturated rings. The van der Waals surface area contributed by atoms with Crippen LogP contribution in [0.4, 0.5) is 0 Å². The molecule has 0 bridgehead atoms. The Morgan fingerprint density at radius 3 is 2.78 bits per heavy atom. The first-order valence-corrected chi connectivity index (χ1v) is 9.85. The third kappa shape index (κ3) is 5.49. The summed E-state index contributed by atoms with van der Waals surface area (Å²) in [6.45, 7) is 3.36. The second-order valence-corrected chi connectivity index (χ2v) is 7.57. The Labute approximate surface area is 160 Å². The number of hydrogen-bond donors (Lipinski definition) is 0. The van der Waals surface area contributed by atoms with E-state index in [1.54, 1.807) is 14.2 Å². The van der Waals surface area contributed by atoms with Gasteiger partial charge in [0.05, 0.1) is 25.2 Å². The number of ether oxygens (including phenoxy) is 3. The van der Waals surface area contributed by atoms with Crippen molar-refractivity contribution >= 4 is 5.91 Å². The van der Waals surface area contributed by atoms with Crippen LogP contribution in [0.15, 0.2) is 4.52 Å². The molecule has 2 saturated heterocycles. The average Bonchev–Trinajstić information content (AvgIpc) is 3.12. The second kappa shape index (κ2) is 9.61. The standard InChI is InChI=1S/C19H31N3O5/c1-24-10-4-16-20-17(27-21-16)13-15-3-12-26-19(14-15)6-8-22(9-7-19)18(23)5-11-25-2/h15H,3-14H2,1-2H3. The van der Waals surface area contributed by atoms with Crippen molar-refractivity contribution < 1.29 is 23.5 Å². The van der Waals surface area contributed by atoms with Gasteiger partial charge in [-0.05, 0) is 31.6 Å². The van der Waals surface area contributed by atoms with Gasteiger partial charge in [-0.2, -0.15) is 4.98 Å². The van der Waals surface area contributed by atoms with Crippen LogP contribution in [0.25, 0.3) is 0 Å². The molecule has 1 aromatic rings. The van der Waals surface area contributed by atoms with Crippen molar-refractivity contribution in [2.24, 2.45) is 5.92 Å². The predicted molar refractivity (Wildman–Crippen MR) is 97.3 cm³/mol. The van der Waals surface area contributed by atoms with E-state index in [0.717, 1.165) is 51.8 Å². The van der Waals surface area contributed by atoms with Crippen molar-refractivity contribution in [1.29, 1.82) is 0 Å². The lowest BCUT2D eigenvalue weighted by Crippen LogP contribution is -2.51. The SMILES string of the molecule is COCCC(=O)N1CCC2(CC1)CC(Cc1nc(CCOC)no1)CCO2. The molecule has 1 unspecified atom stereocenters. The van der Waals surface area contributed by atoms with Crippen LogP contribution in [0, 0.1) is 5.92 Å². The van der Waals surface area contributed by atoms with Crippen LogP contribution in [0.3, 0.4) is 0 Å². The van der Waals surface area contributed by atoms with E-state index in [4.69, 9.17) is 18.7 Å². The largest absolute Gasteiger partial charge is 0.384 e. The number of carbonyl (C=O) groups is 1. The van der Waals surface area contributed by atoms with Crippen molar-refractivity contribution in [1.82, 2.24) is 15.0 Å². The summed E-state index contributed by atoms with van der Waals surface area (Å²) in [5.41, 5.74) is -0.111. The molecule has 1 spiro atoms. The molecule has 0 aliphatic carbocycles. The summed E-state index contributed by atoms with van der Waals surface area (Å²) in [6.07, 6.45) is 5.70. The Morgan fingerprint density at radius 1 is 1.26 bits per heavy atom. The monoisotopic (exact) mass is 381 g/mol. The Bertz CT molecular complexity index is 598. The van der Waals surface area contributed by atoms with Crippen LogP contribution in [-0.2, 0) is 31.8 Å². The van der Waals surface area contributed by atoms with Gasteiger partial charge < -0.3 is 23.6 Å². The molecule has 0 radical (unpaired) electrons. The maximum absolute atomic E-state index is 12.2. The zero-order chi connectivity index (χ0) is 19.1. The minimum atomic E-state index is -0.111. The maximum Gasteiger partial charge on any atom is 0.226 e. The molecule has 8 heteroatoms. The summed E-state index contributed by atoms with van der Waals surface area (Å²) in [5, 5.41) is 4.03. The van der Waals surface area contributed by atoms with E-state index in [1.165, 1.54) is 0 Å². The van der Waals surface area contributed by atoms with Gasteiger partial charge in [0, 0.05) is 46.8 Å². The van der Waals surface area contributed by atoms with Crippen molar-refractivity contribution in [3.63, 3.8) is 0 Å². The minimum Gasteiger partial charge on any atom is -0.384 e. The van der Waals surface area contributed by atoms with Crippen LogP contribution < -0.4 is 0 Å². The molecule has 3 heterocycles. The predicted octanol–water partition coefficient (Wildman–Crippen LogP) is 1.63. The first-order valence-electron chi connectivity index (χ1n) is 9.85. The van der Waals surface area contributed by atoms with E-state index in [1.807, 2.05) is 4.90 Å². The summed E-state index contributed by atoms with van der Waals surface area (Å²) in [4.78, 5) is 18.6. The van der Waals surface area contributed by atoms with Gasteiger partial charge in [0.15, 0.2) is 5.82 Å². The van der Waals surface area contributed by atoms with E-state index < -0.39 is 0 Å². The lowest BCUT2D eigenvalue weighted by atomic mass is 9.78. The van der Waals surface area contributed by atoms with Crippen molar-refractivity contribution in [3.05, 3.63) is 11.7 Å². The van der Waals surface area contributed by atoms with Crippen LogP contribution in [0.2, 0.25) is 0 Å². The number of methoxy groups -OCH3 is 2. The highest BCUT2D eigenvalue weighted by Gasteiger charge is 2.41. The zero-order valence-corrected chi connectivity index (χ0v) is 16.4. The molecule has 1 aromatic heterocycles. The van der Waals surface area contributed by atoms with Crippen molar-refractivity contribution in [3.8, 4) is 0 Å². The minimum absolute atomic E-state index is 0.111. The molecule has 8 nitrogen and oxygen atoms in total. The zero-order valence-electron chi connectivity index (χ0n) is 16.4. The Balaban J connectivity index is 1.49. The van der Waals surface area contributed by atoms with E-state index in [0.29, 0.717) is 43.7 Å². The number of carbonyl (C=O) groups excluding carboxylic acids is 1. The number of aromatic nitrogens is 2. The summed E-state index contributed by atoms with van der Waals surface area (Å²) in [7, 11) is 3.29. The molecule has 2 aliphatic rings. The second-order valence-electron chi connectivity index (χ2n) is 7.57. The number of piperidine rings is 1. The summed E-state index contributed by atoms with van der Waals surface area (Å²) in [6, 6.07) is 0. The van der Waals surface area contributed by atoms with Gasteiger partial charge in [0.25, 0.3) is 0 Å². The molecule has 3 rings (SSSR count). The fourth-order valence-electron chi connectivity index (χ4n) is 4.08. The normalized spacial score (nSPS) is 22.3. The molecule has 152 valence electrons. The Kier molecular flexibility index (Phi) is 7.20. The van der Waals surface area contributed by atoms with Gasteiger partial charge in [0.1, 0.15) is 0 Å². The number of rotatable bonds is 8. The van der Waals surface area contributed by atoms with E-state index in [2.05, 4.69) is 10.1 Å². The summed E-state index contributed by atoms with van der Waals surface area (Å²) < 4.78 is 21.7. The van der Waals surface area contributed by atoms with Gasteiger partial charge in [0.2, 0.25) is 11.8 Å². The highest BCUT2D eigenvalue weighted by atomic mass is 16.5. The molecule has 27 heavy (non-hydrogen) atoms. The van der Waals surface area contributed by atoms with Crippen molar-refractivity contribution in [2.75, 3.05) is 47.1 Å².